The lowest BCUT2D eigenvalue weighted by atomic mass is 10.4. The maximum Gasteiger partial charge on any atom is 0.244 e. The Bertz CT molecular complexity index is 676. The highest BCUT2D eigenvalue weighted by Gasteiger charge is 2.21. The fourth-order valence-electron chi connectivity index (χ4n) is 1.58. The van der Waals surface area contributed by atoms with Crippen LogP contribution >= 0.6 is 27.3 Å². The Kier molecular flexibility index (Phi) is 4.46. The van der Waals surface area contributed by atoms with Gasteiger partial charge in [0.2, 0.25) is 10.0 Å². The first kappa shape index (κ1) is 14.7. The van der Waals surface area contributed by atoms with Crippen LogP contribution in [0, 0.1) is 6.92 Å². The number of aryl methyl sites for hydroxylation is 1. The molecule has 0 saturated heterocycles. The van der Waals surface area contributed by atoms with E-state index in [1.165, 1.54) is 17.4 Å². The van der Waals surface area contributed by atoms with Gasteiger partial charge in [-0.3, -0.25) is 0 Å². The lowest BCUT2D eigenvalue weighted by molar-refractivity contribution is 0.478. The zero-order valence-electron chi connectivity index (χ0n) is 10.1. The van der Waals surface area contributed by atoms with E-state index in [9.17, 15) is 8.42 Å². The summed E-state index contributed by atoms with van der Waals surface area (Å²) in [5.74, 6) is 0.803. The summed E-state index contributed by atoms with van der Waals surface area (Å²) in [4.78, 5) is 1.07. The topological polar surface area (TPSA) is 85.3 Å². The van der Waals surface area contributed by atoms with Crippen LogP contribution in [-0.2, 0) is 23.1 Å². The third kappa shape index (κ3) is 3.46. The molecule has 104 valence electrons. The van der Waals surface area contributed by atoms with E-state index in [0.29, 0.717) is 11.5 Å². The predicted octanol–water partition coefficient (Wildman–Crippen LogP) is 2.35. The molecular formula is C11H13BrN2O3S2. The molecule has 2 aromatic heterocycles. The molecule has 2 heterocycles. The van der Waals surface area contributed by atoms with Gasteiger partial charge in [-0.25, -0.2) is 13.1 Å². The Morgan fingerprint density at radius 2 is 2.21 bits per heavy atom. The molecule has 8 heteroatoms. The molecule has 2 rings (SSSR count). The average molecular weight is 365 g/mol. The minimum Gasteiger partial charge on any atom is -0.464 e. The van der Waals surface area contributed by atoms with Crippen molar-refractivity contribution in [2.75, 3.05) is 0 Å². The molecular weight excluding hydrogens is 352 g/mol. The van der Waals surface area contributed by atoms with Crippen LogP contribution in [0.2, 0.25) is 0 Å². The number of sulfonamides is 1. The second-order valence-electron chi connectivity index (χ2n) is 3.89. The van der Waals surface area contributed by atoms with Crippen LogP contribution in [0.5, 0.6) is 0 Å². The Hall–Kier alpha value is -0.670. The molecule has 0 atom stereocenters. The van der Waals surface area contributed by atoms with Gasteiger partial charge in [0.25, 0.3) is 0 Å². The van der Waals surface area contributed by atoms with Gasteiger partial charge >= 0.3 is 0 Å². The molecule has 0 aliphatic heterocycles. The maximum absolute atomic E-state index is 12.1. The van der Waals surface area contributed by atoms with Gasteiger partial charge in [-0.1, -0.05) is 0 Å². The van der Waals surface area contributed by atoms with Gasteiger partial charge in [0.05, 0.1) is 6.54 Å². The second kappa shape index (κ2) is 5.76. The van der Waals surface area contributed by atoms with Crippen molar-refractivity contribution in [3.8, 4) is 0 Å². The molecule has 0 aliphatic carbocycles. The fourth-order valence-corrected chi connectivity index (χ4v) is 4.27. The van der Waals surface area contributed by atoms with Gasteiger partial charge in [0.1, 0.15) is 16.4 Å². The lowest BCUT2D eigenvalue weighted by Crippen LogP contribution is -2.23. The number of nitrogens with two attached hydrogens (primary N) is 1. The number of thiophene rings is 1. The maximum atomic E-state index is 12.1. The molecule has 0 aliphatic rings. The number of furan rings is 1. The summed E-state index contributed by atoms with van der Waals surface area (Å²) in [5, 5.41) is 1.90. The van der Waals surface area contributed by atoms with Crippen LogP contribution in [0.4, 0.5) is 0 Å². The van der Waals surface area contributed by atoms with Gasteiger partial charge in [-0.2, -0.15) is 0 Å². The predicted molar refractivity (Wildman–Crippen MR) is 77.4 cm³/mol. The standard InChI is InChI=1S/C11H13BrN2O3S2/c1-7-11(3-9(4-13)17-7)19(15,16)14-5-10-2-8(12)6-18-10/h2-3,6,14H,4-5,13H2,1H3. The molecule has 19 heavy (non-hydrogen) atoms. The van der Waals surface area contributed by atoms with Crippen LogP contribution in [0.3, 0.4) is 0 Å². The van der Waals surface area contributed by atoms with Gasteiger partial charge in [0.15, 0.2) is 0 Å². The minimum atomic E-state index is -3.58. The van der Waals surface area contributed by atoms with Crippen molar-refractivity contribution in [3.63, 3.8) is 0 Å². The third-order valence-electron chi connectivity index (χ3n) is 2.47. The number of halogens is 1. The first-order chi connectivity index (χ1) is 8.92. The smallest absolute Gasteiger partial charge is 0.244 e. The first-order valence-corrected chi connectivity index (χ1v) is 8.60. The van der Waals surface area contributed by atoms with Crippen molar-refractivity contribution in [1.29, 1.82) is 0 Å². The molecule has 0 fully saturated rings. The number of hydrogen-bond donors (Lipinski definition) is 2. The van der Waals surface area contributed by atoms with Gasteiger partial charge in [-0.15, -0.1) is 11.3 Å². The van der Waals surface area contributed by atoms with E-state index >= 15 is 0 Å². The van der Waals surface area contributed by atoms with Gasteiger partial charge < -0.3 is 10.2 Å². The van der Waals surface area contributed by atoms with Crippen molar-refractivity contribution in [1.82, 2.24) is 4.72 Å². The van der Waals surface area contributed by atoms with E-state index in [4.69, 9.17) is 10.2 Å². The molecule has 0 amide bonds. The number of nitrogens with one attached hydrogen (secondary N) is 1. The van der Waals surface area contributed by atoms with Gasteiger partial charge in [-0.05, 0) is 28.9 Å². The first-order valence-electron chi connectivity index (χ1n) is 5.44. The monoisotopic (exact) mass is 364 g/mol. The summed E-state index contributed by atoms with van der Waals surface area (Å²) >= 11 is 4.81. The Balaban J connectivity index is 2.15. The molecule has 5 nitrogen and oxygen atoms in total. The molecule has 0 unspecified atom stereocenters. The number of rotatable bonds is 5. The van der Waals surface area contributed by atoms with Crippen LogP contribution in [-0.4, -0.2) is 8.42 Å². The highest BCUT2D eigenvalue weighted by atomic mass is 79.9. The lowest BCUT2D eigenvalue weighted by Gasteiger charge is -2.03. The minimum absolute atomic E-state index is 0.142. The SMILES string of the molecule is Cc1oc(CN)cc1S(=O)(=O)NCc1cc(Br)cs1. The molecule has 0 saturated carbocycles. The zero-order chi connectivity index (χ0) is 14.0. The largest absolute Gasteiger partial charge is 0.464 e. The highest BCUT2D eigenvalue weighted by molar-refractivity contribution is 9.10. The van der Waals surface area contributed by atoms with E-state index < -0.39 is 10.0 Å². The van der Waals surface area contributed by atoms with Crippen molar-refractivity contribution in [2.45, 2.75) is 24.9 Å². The molecule has 0 bridgehead atoms. The summed E-state index contributed by atoms with van der Waals surface area (Å²) in [6, 6.07) is 3.34. The summed E-state index contributed by atoms with van der Waals surface area (Å²) in [6.07, 6.45) is 0. The summed E-state index contributed by atoms with van der Waals surface area (Å²) in [7, 11) is -3.58. The quantitative estimate of drug-likeness (QED) is 0.852. The second-order valence-corrected chi connectivity index (χ2v) is 7.54. The average Bonchev–Trinajstić information content (AvgIpc) is 2.93. The zero-order valence-corrected chi connectivity index (χ0v) is 13.4. The summed E-state index contributed by atoms with van der Waals surface area (Å²) in [5.41, 5.74) is 5.43. The van der Waals surface area contributed by atoms with Crippen LogP contribution in [0.1, 0.15) is 16.4 Å². The summed E-state index contributed by atoms with van der Waals surface area (Å²) < 4.78 is 33.0. The van der Waals surface area contributed by atoms with Crippen molar-refractivity contribution < 1.29 is 12.8 Å². The Morgan fingerprint density at radius 1 is 1.47 bits per heavy atom. The van der Waals surface area contributed by atoms with E-state index in [1.807, 2.05) is 11.4 Å². The third-order valence-corrected chi connectivity index (χ3v) is 5.68. The Morgan fingerprint density at radius 3 is 2.74 bits per heavy atom. The van der Waals surface area contributed by atoms with E-state index in [2.05, 4.69) is 20.7 Å². The molecule has 2 aromatic rings. The molecule has 3 N–H and O–H groups in total. The van der Waals surface area contributed by atoms with Crippen LogP contribution < -0.4 is 10.5 Å². The van der Waals surface area contributed by atoms with Gasteiger partial charge in [0, 0.05) is 27.3 Å². The Labute approximate surface area is 124 Å². The van der Waals surface area contributed by atoms with Crippen molar-refractivity contribution in [2.24, 2.45) is 5.73 Å². The van der Waals surface area contributed by atoms with E-state index in [0.717, 1.165) is 9.35 Å². The molecule has 0 spiro atoms. The van der Waals surface area contributed by atoms with Crippen molar-refractivity contribution >= 4 is 37.3 Å². The van der Waals surface area contributed by atoms with E-state index in [1.54, 1.807) is 6.92 Å². The number of hydrogen-bond acceptors (Lipinski definition) is 5. The van der Waals surface area contributed by atoms with Crippen LogP contribution in [0.15, 0.2) is 31.3 Å². The highest BCUT2D eigenvalue weighted by Crippen LogP contribution is 2.22. The summed E-state index contributed by atoms with van der Waals surface area (Å²) in [6.45, 7) is 2.03. The molecule has 0 radical (unpaired) electrons. The van der Waals surface area contributed by atoms with E-state index in [-0.39, 0.29) is 18.0 Å². The molecule has 0 aromatic carbocycles. The fraction of sp³-hybridized carbons (Fsp3) is 0.273. The van der Waals surface area contributed by atoms with Crippen molar-refractivity contribution in [3.05, 3.63) is 38.4 Å². The van der Waals surface area contributed by atoms with Crippen LogP contribution in [0.25, 0.3) is 0 Å². The normalized spacial score (nSPS) is 11.9.